The number of hydrogen-bond acceptors (Lipinski definition) is 3. The second kappa shape index (κ2) is 5.23. The summed E-state index contributed by atoms with van der Waals surface area (Å²) in [6.45, 7) is 2.30. The molecule has 0 bridgehead atoms. The first-order chi connectivity index (χ1) is 8.58. The Hall–Kier alpha value is -1.81. The summed E-state index contributed by atoms with van der Waals surface area (Å²) < 4.78 is 5.74. The van der Waals surface area contributed by atoms with Gasteiger partial charge in [-0.25, -0.2) is 0 Å². The van der Waals surface area contributed by atoms with Gasteiger partial charge in [-0.2, -0.15) is 0 Å². The quantitative estimate of drug-likeness (QED) is 0.899. The minimum atomic E-state index is 0.0151. The van der Waals surface area contributed by atoms with Crippen molar-refractivity contribution >= 4 is 16.9 Å². The van der Waals surface area contributed by atoms with Crippen molar-refractivity contribution in [2.24, 2.45) is 0 Å². The van der Waals surface area contributed by atoms with E-state index in [1.807, 2.05) is 37.3 Å². The van der Waals surface area contributed by atoms with Crippen molar-refractivity contribution < 1.29 is 9.21 Å². The Morgan fingerprint density at radius 3 is 2.78 bits per heavy atom. The first-order valence-corrected chi connectivity index (χ1v) is 6.00. The van der Waals surface area contributed by atoms with Crippen LogP contribution in [-0.2, 0) is 4.79 Å². The predicted octanol–water partition coefficient (Wildman–Crippen LogP) is 2.17. The van der Waals surface area contributed by atoms with E-state index in [9.17, 15) is 4.79 Å². The van der Waals surface area contributed by atoms with Gasteiger partial charge in [-0.1, -0.05) is 18.2 Å². The van der Waals surface area contributed by atoms with Crippen LogP contribution in [0.2, 0.25) is 0 Å². The number of furan rings is 1. The van der Waals surface area contributed by atoms with Gasteiger partial charge in [0.2, 0.25) is 5.91 Å². The predicted molar refractivity (Wildman–Crippen MR) is 71.3 cm³/mol. The van der Waals surface area contributed by atoms with Gasteiger partial charge in [0.15, 0.2) is 0 Å². The third-order valence-electron chi connectivity index (χ3n) is 2.93. The van der Waals surface area contributed by atoms with Gasteiger partial charge >= 0.3 is 0 Å². The monoisotopic (exact) mass is 246 g/mol. The van der Waals surface area contributed by atoms with Crippen LogP contribution in [-0.4, -0.2) is 31.4 Å². The lowest BCUT2D eigenvalue weighted by Crippen LogP contribution is -2.34. The highest BCUT2D eigenvalue weighted by atomic mass is 16.3. The second-order valence-electron chi connectivity index (χ2n) is 4.58. The first kappa shape index (κ1) is 12.6. The fourth-order valence-corrected chi connectivity index (χ4v) is 1.71. The standard InChI is InChI=1S/C14H18N2O2/c1-10(15-9-14(17)16(2)3)13-8-11-6-4-5-7-12(11)18-13/h4-8,10,15H,9H2,1-3H3. The summed E-state index contributed by atoms with van der Waals surface area (Å²) in [4.78, 5) is 13.1. The van der Waals surface area contributed by atoms with Crippen molar-refractivity contribution in [3.63, 3.8) is 0 Å². The molecule has 1 N–H and O–H groups in total. The van der Waals surface area contributed by atoms with Gasteiger partial charge in [0.25, 0.3) is 0 Å². The molecule has 1 aromatic heterocycles. The lowest BCUT2D eigenvalue weighted by Gasteiger charge is -2.14. The van der Waals surface area contributed by atoms with Crippen LogP contribution in [0, 0.1) is 0 Å². The maximum absolute atomic E-state index is 11.5. The Balaban J connectivity index is 2.04. The Kier molecular flexibility index (Phi) is 3.67. The van der Waals surface area contributed by atoms with Crippen molar-refractivity contribution in [1.29, 1.82) is 0 Å². The van der Waals surface area contributed by atoms with Crippen molar-refractivity contribution in [2.75, 3.05) is 20.6 Å². The Labute approximate surface area is 107 Å². The summed E-state index contributed by atoms with van der Waals surface area (Å²) in [6.07, 6.45) is 0. The fourth-order valence-electron chi connectivity index (χ4n) is 1.71. The van der Waals surface area contributed by atoms with Crippen LogP contribution in [0.5, 0.6) is 0 Å². The van der Waals surface area contributed by atoms with Crippen LogP contribution in [0.25, 0.3) is 11.0 Å². The summed E-state index contributed by atoms with van der Waals surface area (Å²) >= 11 is 0. The number of hydrogen-bond donors (Lipinski definition) is 1. The molecular weight excluding hydrogens is 228 g/mol. The molecule has 1 atom stereocenters. The first-order valence-electron chi connectivity index (χ1n) is 6.00. The van der Waals surface area contributed by atoms with E-state index >= 15 is 0 Å². The van der Waals surface area contributed by atoms with E-state index in [1.165, 1.54) is 0 Å². The van der Waals surface area contributed by atoms with Crippen molar-refractivity contribution in [3.8, 4) is 0 Å². The normalized spacial score (nSPS) is 12.6. The number of likely N-dealkylation sites (N-methyl/N-ethyl adjacent to an activating group) is 1. The number of carbonyl (C=O) groups excluding carboxylic acids is 1. The minimum Gasteiger partial charge on any atom is -0.459 e. The summed E-state index contributed by atoms with van der Waals surface area (Å²) in [5, 5.41) is 4.24. The number of benzene rings is 1. The lowest BCUT2D eigenvalue weighted by molar-refractivity contribution is -0.127. The van der Waals surface area contributed by atoms with Crippen molar-refractivity contribution in [2.45, 2.75) is 13.0 Å². The molecule has 0 saturated heterocycles. The smallest absolute Gasteiger partial charge is 0.236 e. The molecular formula is C14H18N2O2. The molecule has 96 valence electrons. The molecule has 0 radical (unpaired) electrons. The molecule has 4 heteroatoms. The van der Waals surface area contributed by atoms with Crippen molar-refractivity contribution in [3.05, 3.63) is 36.1 Å². The Bertz CT molecular complexity index is 512. The molecule has 1 aromatic carbocycles. The van der Waals surface area contributed by atoms with Gasteiger partial charge in [-0.05, 0) is 19.1 Å². The van der Waals surface area contributed by atoms with E-state index in [2.05, 4.69) is 5.32 Å². The zero-order chi connectivity index (χ0) is 13.1. The molecule has 2 aromatic rings. The molecule has 18 heavy (non-hydrogen) atoms. The van der Waals surface area contributed by atoms with Gasteiger partial charge in [-0.15, -0.1) is 0 Å². The van der Waals surface area contributed by atoms with E-state index in [0.717, 1.165) is 16.7 Å². The third kappa shape index (κ3) is 2.71. The molecule has 2 rings (SSSR count). The van der Waals surface area contributed by atoms with Crippen LogP contribution in [0.3, 0.4) is 0 Å². The van der Waals surface area contributed by atoms with E-state index in [0.29, 0.717) is 6.54 Å². The van der Waals surface area contributed by atoms with Gasteiger partial charge in [-0.3, -0.25) is 10.1 Å². The highest BCUT2D eigenvalue weighted by Crippen LogP contribution is 2.23. The maximum atomic E-state index is 11.5. The largest absolute Gasteiger partial charge is 0.459 e. The molecule has 0 spiro atoms. The lowest BCUT2D eigenvalue weighted by atomic mass is 10.2. The van der Waals surface area contributed by atoms with Crippen LogP contribution >= 0.6 is 0 Å². The number of fused-ring (bicyclic) bond motifs is 1. The number of amides is 1. The third-order valence-corrected chi connectivity index (χ3v) is 2.93. The number of rotatable bonds is 4. The molecule has 1 amide bonds. The Morgan fingerprint density at radius 1 is 1.39 bits per heavy atom. The minimum absolute atomic E-state index is 0.0151. The average Bonchev–Trinajstić information content (AvgIpc) is 2.79. The zero-order valence-electron chi connectivity index (χ0n) is 10.9. The van der Waals surface area contributed by atoms with Gasteiger partial charge < -0.3 is 9.32 Å². The van der Waals surface area contributed by atoms with Gasteiger partial charge in [0, 0.05) is 19.5 Å². The molecule has 0 aliphatic carbocycles. The van der Waals surface area contributed by atoms with Gasteiger partial charge in [0.1, 0.15) is 11.3 Å². The molecule has 0 fully saturated rings. The number of carbonyl (C=O) groups is 1. The molecule has 0 aliphatic rings. The summed E-state index contributed by atoms with van der Waals surface area (Å²) in [5.41, 5.74) is 0.875. The molecule has 0 saturated carbocycles. The zero-order valence-corrected chi connectivity index (χ0v) is 10.9. The number of nitrogens with zero attached hydrogens (tertiary/aromatic N) is 1. The summed E-state index contributed by atoms with van der Waals surface area (Å²) in [5.74, 6) is 0.903. The van der Waals surface area contributed by atoms with E-state index in [-0.39, 0.29) is 11.9 Å². The van der Waals surface area contributed by atoms with E-state index < -0.39 is 0 Å². The number of para-hydroxylation sites is 1. The van der Waals surface area contributed by atoms with Gasteiger partial charge in [0.05, 0.1) is 12.6 Å². The highest BCUT2D eigenvalue weighted by molar-refractivity contribution is 5.78. The highest BCUT2D eigenvalue weighted by Gasteiger charge is 2.12. The fraction of sp³-hybridized carbons (Fsp3) is 0.357. The van der Waals surface area contributed by atoms with Crippen LogP contribution < -0.4 is 5.32 Å². The molecule has 0 aliphatic heterocycles. The van der Waals surface area contributed by atoms with E-state index in [4.69, 9.17) is 4.42 Å². The number of nitrogens with one attached hydrogen (secondary N) is 1. The SMILES string of the molecule is CC(NCC(=O)N(C)C)c1cc2ccccc2o1. The van der Waals surface area contributed by atoms with E-state index in [1.54, 1.807) is 19.0 Å². The Morgan fingerprint density at radius 2 is 2.11 bits per heavy atom. The second-order valence-corrected chi connectivity index (χ2v) is 4.58. The van der Waals surface area contributed by atoms with Crippen molar-refractivity contribution in [1.82, 2.24) is 10.2 Å². The molecule has 4 nitrogen and oxygen atoms in total. The summed E-state index contributed by atoms with van der Waals surface area (Å²) in [6, 6.07) is 9.91. The van der Waals surface area contributed by atoms with Crippen LogP contribution in [0.15, 0.2) is 34.7 Å². The molecule has 1 heterocycles. The topological polar surface area (TPSA) is 45.5 Å². The molecule has 1 unspecified atom stereocenters. The van der Waals surface area contributed by atoms with Crippen LogP contribution in [0.4, 0.5) is 0 Å². The summed E-state index contributed by atoms with van der Waals surface area (Å²) in [7, 11) is 3.49. The van der Waals surface area contributed by atoms with Crippen LogP contribution in [0.1, 0.15) is 18.7 Å². The maximum Gasteiger partial charge on any atom is 0.236 e. The average molecular weight is 246 g/mol.